The number of hydrogen-bond donors (Lipinski definition) is 3. The number of carbonyl (C=O) groups excluding carboxylic acids is 1. The molecule has 0 aliphatic rings. The van der Waals surface area contributed by atoms with Gasteiger partial charge in [0.05, 0.1) is 17.3 Å². The fraction of sp³-hybridized carbons (Fsp3) is 0.200. The van der Waals surface area contributed by atoms with Crippen LogP contribution in [0, 0.1) is 0 Å². The molecule has 0 fully saturated rings. The van der Waals surface area contributed by atoms with E-state index in [1.165, 1.54) is 43.1 Å². The van der Waals surface area contributed by atoms with Gasteiger partial charge in [0.15, 0.2) is 0 Å². The number of carbonyl (C=O) groups is 2. The Balaban J connectivity index is 1.76. The summed E-state index contributed by atoms with van der Waals surface area (Å²) in [5.74, 6) is -0.412. The molecule has 2 atom stereocenters. The van der Waals surface area contributed by atoms with Crippen molar-refractivity contribution in [2.45, 2.75) is 23.1 Å². The van der Waals surface area contributed by atoms with Crippen LogP contribution in [0.1, 0.15) is 28.1 Å². The summed E-state index contributed by atoms with van der Waals surface area (Å²) in [6, 6.07) is 19.6. The third kappa shape index (κ3) is 6.84. The summed E-state index contributed by atoms with van der Waals surface area (Å²) in [7, 11) is -2.62. The molecule has 0 aromatic heterocycles. The second kappa shape index (κ2) is 11.9. The van der Waals surface area contributed by atoms with Gasteiger partial charge in [0.25, 0.3) is 5.91 Å². The minimum atomic E-state index is -4.15. The fourth-order valence-electron chi connectivity index (χ4n) is 3.35. The number of amides is 1. The molecule has 10 heteroatoms. The molecule has 35 heavy (non-hydrogen) atoms. The first kappa shape index (κ1) is 26.3. The SMILES string of the molecule is CCSC(c1ccccc1)[C@@H](NS(=O)(=O)c1ccc(NC(=O)c2ccc(OC)cc2)cc1)C(=O)O. The Bertz CT molecular complexity index is 1250. The molecule has 0 aliphatic heterocycles. The quantitative estimate of drug-likeness (QED) is 0.351. The van der Waals surface area contributed by atoms with Gasteiger partial charge >= 0.3 is 5.97 Å². The molecule has 1 unspecified atom stereocenters. The topological polar surface area (TPSA) is 122 Å². The van der Waals surface area contributed by atoms with E-state index in [9.17, 15) is 23.1 Å². The molecule has 0 saturated carbocycles. The van der Waals surface area contributed by atoms with Gasteiger partial charge in [0, 0.05) is 11.3 Å². The second-order valence-electron chi connectivity index (χ2n) is 7.43. The van der Waals surface area contributed by atoms with Crippen LogP contribution in [0.5, 0.6) is 5.75 Å². The number of aliphatic carboxylic acids is 1. The Labute approximate surface area is 208 Å². The molecule has 8 nitrogen and oxygen atoms in total. The molecule has 0 aliphatic carbocycles. The van der Waals surface area contributed by atoms with Crippen LogP contribution < -0.4 is 14.8 Å². The normalized spacial score (nSPS) is 13.0. The van der Waals surface area contributed by atoms with Crippen molar-refractivity contribution in [1.82, 2.24) is 4.72 Å². The zero-order valence-electron chi connectivity index (χ0n) is 19.2. The smallest absolute Gasteiger partial charge is 0.323 e. The average Bonchev–Trinajstić information content (AvgIpc) is 2.87. The zero-order valence-corrected chi connectivity index (χ0v) is 20.8. The predicted molar refractivity (Wildman–Crippen MR) is 136 cm³/mol. The summed E-state index contributed by atoms with van der Waals surface area (Å²) in [6.07, 6.45) is 0. The zero-order chi connectivity index (χ0) is 25.4. The molecule has 0 spiro atoms. The van der Waals surface area contributed by atoms with Crippen LogP contribution in [0.3, 0.4) is 0 Å². The fourth-order valence-corrected chi connectivity index (χ4v) is 5.72. The highest BCUT2D eigenvalue weighted by atomic mass is 32.2. The van der Waals surface area contributed by atoms with Crippen LogP contribution in [0.4, 0.5) is 5.69 Å². The van der Waals surface area contributed by atoms with E-state index in [2.05, 4.69) is 10.0 Å². The number of sulfonamides is 1. The van der Waals surface area contributed by atoms with Gasteiger partial charge < -0.3 is 15.2 Å². The van der Waals surface area contributed by atoms with E-state index < -0.39 is 27.3 Å². The number of benzene rings is 3. The molecule has 0 heterocycles. The van der Waals surface area contributed by atoms with Crippen molar-refractivity contribution in [3.8, 4) is 5.75 Å². The number of carboxylic acid groups (broad SMARTS) is 1. The van der Waals surface area contributed by atoms with Gasteiger partial charge in [0.2, 0.25) is 10.0 Å². The largest absolute Gasteiger partial charge is 0.497 e. The van der Waals surface area contributed by atoms with Gasteiger partial charge in [-0.2, -0.15) is 16.5 Å². The molecular formula is C25H26N2O6S2. The lowest BCUT2D eigenvalue weighted by molar-refractivity contribution is -0.139. The monoisotopic (exact) mass is 514 g/mol. The van der Waals surface area contributed by atoms with Crippen LogP contribution >= 0.6 is 11.8 Å². The van der Waals surface area contributed by atoms with Crippen molar-refractivity contribution in [2.75, 3.05) is 18.2 Å². The molecule has 3 aromatic carbocycles. The third-order valence-corrected chi connectivity index (χ3v) is 7.79. The Kier molecular flexibility index (Phi) is 8.91. The summed E-state index contributed by atoms with van der Waals surface area (Å²) >= 11 is 1.35. The molecule has 3 aromatic rings. The van der Waals surface area contributed by atoms with E-state index in [0.29, 0.717) is 28.3 Å². The van der Waals surface area contributed by atoms with E-state index in [-0.39, 0.29) is 10.8 Å². The van der Waals surface area contributed by atoms with E-state index in [1.54, 1.807) is 48.5 Å². The van der Waals surface area contributed by atoms with E-state index in [0.717, 1.165) is 0 Å². The number of carboxylic acids is 1. The average molecular weight is 515 g/mol. The molecule has 3 N–H and O–H groups in total. The molecule has 0 radical (unpaired) electrons. The number of nitrogens with one attached hydrogen (secondary N) is 2. The lowest BCUT2D eigenvalue weighted by Gasteiger charge is -2.24. The number of thioether (sulfide) groups is 1. The summed E-state index contributed by atoms with van der Waals surface area (Å²) in [5, 5.41) is 11.9. The van der Waals surface area contributed by atoms with Gasteiger partial charge in [-0.25, -0.2) is 8.42 Å². The predicted octanol–water partition coefficient (Wildman–Crippen LogP) is 4.17. The molecule has 0 saturated heterocycles. The van der Waals surface area contributed by atoms with Crippen LogP contribution in [0.15, 0.2) is 83.8 Å². The molecule has 3 rings (SSSR count). The Morgan fingerprint density at radius 1 is 0.971 bits per heavy atom. The summed E-state index contributed by atoms with van der Waals surface area (Å²) in [4.78, 5) is 24.4. The number of rotatable bonds is 11. The van der Waals surface area contributed by atoms with Crippen LogP contribution in [0.25, 0.3) is 0 Å². The Morgan fingerprint density at radius 3 is 2.14 bits per heavy atom. The number of hydrogen-bond acceptors (Lipinski definition) is 6. The number of methoxy groups -OCH3 is 1. The van der Waals surface area contributed by atoms with Crippen LogP contribution in [-0.2, 0) is 14.8 Å². The highest BCUT2D eigenvalue weighted by Gasteiger charge is 2.34. The van der Waals surface area contributed by atoms with Crippen LogP contribution in [-0.4, -0.2) is 44.3 Å². The van der Waals surface area contributed by atoms with Crippen molar-refractivity contribution in [3.05, 3.63) is 90.0 Å². The van der Waals surface area contributed by atoms with Gasteiger partial charge in [-0.05, 0) is 59.8 Å². The maximum absolute atomic E-state index is 13.0. The van der Waals surface area contributed by atoms with E-state index >= 15 is 0 Å². The lowest BCUT2D eigenvalue weighted by Crippen LogP contribution is -2.44. The van der Waals surface area contributed by atoms with Gasteiger partial charge in [-0.1, -0.05) is 37.3 Å². The first-order valence-electron chi connectivity index (χ1n) is 10.7. The minimum absolute atomic E-state index is 0.112. The van der Waals surface area contributed by atoms with Crippen molar-refractivity contribution in [1.29, 1.82) is 0 Å². The molecule has 184 valence electrons. The second-order valence-corrected chi connectivity index (χ2v) is 10.6. The standard InChI is InChI=1S/C25H26N2O6S2/c1-3-34-23(17-7-5-4-6-8-17)22(25(29)30)27-35(31,32)21-15-11-19(12-16-21)26-24(28)18-9-13-20(33-2)14-10-18/h4-16,22-23,27H,3H2,1-2H3,(H,26,28)(H,29,30)/t22-,23?/m1/s1. The maximum atomic E-state index is 13.0. The van der Waals surface area contributed by atoms with E-state index in [4.69, 9.17) is 4.74 Å². The Hall–Kier alpha value is -3.34. The van der Waals surface area contributed by atoms with Crippen molar-refractivity contribution in [2.24, 2.45) is 0 Å². The minimum Gasteiger partial charge on any atom is -0.497 e. The van der Waals surface area contributed by atoms with Gasteiger partial charge in [0.1, 0.15) is 11.8 Å². The lowest BCUT2D eigenvalue weighted by atomic mass is 10.1. The van der Waals surface area contributed by atoms with Crippen LogP contribution in [0.2, 0.25) is 0 Å². The Morgan fingerprint density at radius 2 is 1.60 bits per heavy atom. The number of anilines is 1. The highest BCUT2D eigenvalue weighted by Crippen LogP contribution is 2.33. The summed E-state index contributed by atoms with van der Waals surface area (Å²) < 4.78 is 33.5. The molecule has 0 bridgehead atoms. The summed E-state index contributed by atoms with van der Waals surface area (Å²) in [6.45, 7) is 1.88. The van der Waals surface area contributed by atoms with E-state index in [1.807, 2.05) is 13.0 Å². The third-order valence-electron chi connectivity index (χ3n) is 5.10. The van der Waals surface area contributed by atoms with Crippen molar-refractivity contribution < 1.29 is 27.9 Å². The molecular weight excluding hydrogens is 488 g/mol. The van der Waals surface area contributed by atoms with Gasteiger partial charge in [-0.3, -0.25) is 9.59 Å². The first-order valence-corrected chi connectivity index (χ1v) is 13.3. The highest BCUT2D eigenvalue weighted by molar-refractivity contribution is 7.99. The molecule has 1 amide bonds. The van der Waals surface area contributed by atoms with Crippen molar-refractivity contribution in [3.63, 3.8) is 0 Å². The number of ether oxygens (including phenoxy) is 1. The maximum Gasteiger partial charge on any atom is 0.323 e. The summed E-state index contributed by atoms with van der Waals surface area (Å²) in [5.41, 5.74) is 1.52. The first-order chi connectivity index (χ1) is 16.7. The van der Waals surface area contributed by atoms with Gasteiger partial charge in [-0.15, -0.1) is 0 Å². The van der Waals surface area contributed by atoms with Crippen molar-refractivity contribution >= 4 is 39.3 Å².